The van der Waals surface area contributed by atoms with Gasteiger partial charge in [-0.05, 0) is 29.8 Å². The summed E-state index contributed by atoms with van der Waals surface area (Å²) in [4.78, 5) is 12.0. The van der Waals surface area contributed by atoms with Crippen LogP contribution in [0.3, 0.4) is 0 Å². The maximum absolute atomic E-state index is 12.0. The molecule has 0 aromatic heterocycles. The Hall–Kier alpha value is -2.49. The van der Waals surface area contributed by atoms with Crippen LogP contribution in [-0.4, -0.2) is 13.0 Å². The average Bonchev–Trinajstić information content (AvgIpc) is 2.46. The van der Waals surface area contributed by atoms with E-state index in [0.29, 0.717) is 23.5 Å². The zero-order chi connectivity index (χ0) is 13.7. The van der Waals surface area contributed by atoms with Gasteiger partial charge < -0.3 is 15.8 Å². The van der Waals surface area contributed by atoms with Gasteiger partial charge in [0.2, 0.25) is 0 Å². The number of hydrogen-bond acceptors (Lipinski definition) is 3. The highest BCUT2D eigenvalue weighted by molar-refractivity contribution is 5.94. The van der Waals surface area contributed by atoms with Crippen molar-refractivity contribution in [1.82, 2.24) is 5.32 Å². The number of hydrogen-bond donors (Lipinski definition) is 2. The summed E-state index contributed by atoms with van der Waals surface area (Å²) in [6.07, 6.45) is 0. The van der Waals surface area contributed by atoms with Crippen molar-refractivity contribution in [2.45, 2.75) is 6.54 Å². The van der Waals surface area contributed by atoms with E-state index in [1.54, 1.807) is 31.4 Å². The Kier molecular flexibility index (Phi) is 4.03. The molecule has 4 nitrogen and oxygen atoms in total. The van der Waals surface area contributed by atoms with Crippen LogP contribution < -0.4 is 15.8 Å². The summed E-state index contributed by atoms with van der Waals surface area (Å²) < 4.78 is 5.09. The number of nitrogens with two attached hydrogens (primary N) is 1. The number of para-hydroxylation sites is 1. The number of rotatable bonds is 4. The molecule has 0 bridgehead atoms. The normalized spacial score (nSPS) is 9.95. The molecule has 98 valence electrons. The van der Waals surface area contributed by atoms with Crippen molar-refractivity contribution in [3.63, 3.8) is 0 Å². The Labute approximate surface area is 112 Å². The van der Waals surface area contributed by atoms with Gasteiger partial charge in [0.25, 0.3) is 5.91 Å². The van der Waals surface area contributed by atoms with E-state index in [1.807, 2.05) is 24.3 Å². The first-order valence-corrected chi connectivity index (χ1v) is 5.96. The molecule has 3 N–H and O–H groups in total. The minimum Gasteiger partial charge on any atom is -0.497 e. The number of nitrogens with one attached hydrogen (secondary N) is 1. The number of anilines is 1. The summed E-state index contributed by atoms with van der Waals surface area (Å²) in [5, 5.41) is 2.83. The second kappa shape index (κ2) is 5.91. The molecule has 19 heavy (non-hydrogen) atoms. The van der Waals surface area contributed by atoms with Crippen LogP contribution >= 0.6 is 0 Å². The van der Waals surface area contributed by atoms with E-state index < -0.39 is 0 Å². The van der Waals surface area contributed by atoms with Crippen molar-refractivity contribution >= 4 is 11.6 Å². The number of ether oxygens (including phenoxy) is 1. The van der Waals surface area contributed by atoms with E-state index in [1.165, 1.54) is 0 Å². The monoisotopic (exact) mass is 256 g/mol. The smallest absolute Gasteiger partial charge is 0.251 e. The fourth-order valence-corrected chi connectivity index (χ4v) is 1.74. The summed E-state index contributed by atoms with van der Waals surface area (Å²) >= 11 is 0. The van der Waals surface area contributed by atoms with Crippen molar-refractivity contribution in [2.24, 2.45) is 0 Å². The first kappa shape index (κ1) is 13.0. The summed E-state index contributed by atoms with van der Waals surface area (Å²) in [5.41, 5.74) is 7.96. The van der Waals surface area contributed by atoms with Gasteiger partial charge in [0.15, 0.2) is 0 Å². The number of methoxy groups -OCH3 is 1. The fourth-order valence-electron chi connectivity index (χ4n) is 1.74. The van der Waals surface area contributed by atoms with Crippen molar-refractivity contribution < 1.29 is 9.53 Å². The number of carbonyl (C=O) groups excluding carboxylic acids is 1. The highest BCUT2D eigenvalue weighted by Crippen LogP contribution is 2.13. The number of carbonyl (C=O) groups is 1. The van der Waals surface area contributed by atoms with Crippen LogP contribution in [-0.2, 0) is 6.54 Å². The van der Waals surface area contributed by atoms with Gasteiger partial charge in [0, 0.05) is 17.8 Å². The average molecular weight is 256 g/mol. The topological polar surface area (TPSA) is 64.3 Å². The van der Waals surface area contributed by atoms with Crippen LogP contribution in [0.4, 0.5) is 5.69 Å². The Morgan fingerprint density at radius 1 is 1.21 bits per heavy atom. The lowest BCUT2D eigenvalue weighted by atomic mass is 10.1. The van der Waals surface area contributed by atoms with Crippen LogP contribution in [0.2, 0.25) is 0 Å². The minimum absolute atomic E-state index is 0.151. The van der Waals surface area contributed by atoms with Crippen LogP contribution in [0, 0.1) is 0 Å². The molecule has 0 saturated heterocycles. The van der Waals surface area contributed by atoms with Gasteiger partial charge in [-0.25, -0.2) is 0 Å². The zero-order valence-electron chi connectivity index (χ0n) is 10.7. The predicted octanol–water partition coefficient (Wildman–Crippen LogP) is 2.21. The predicted molar refractivity (Wildman–Crippen MR) is 75.0 cm³/mol. The third kappa shape index (κ3) is 3.25. The van der Waals surface area contributed by atoms with Crippen LogP contribution in [0.1, 0.15) is 15.9 Å². The Balaban J connectivity index is 2.03. The fraction of sp³-hybridized carbons (Fsp3) is 0.133. The molecule has 4 heteroatoms. The van der Waals surface area contributed by atoms with E-state index in [2.05, 4.69) is 5.32 Å². The zero-order valence-corrected chi connectivity index (χ0v) is 10.7. The molecule has 0 unspecified atom stereocenters. The van der Waals surface area contributed by atoms with Crippen molar-refractivity contribution in [3.05, 3.63) is 59.7 Å². The molecular weight excluding hydrogens is 240 g/mol. The maximum Gasteiger partial charge on any atom is 0.251 e. The third-order valence-electron chi connectivity index (χ3n) is 2.83. The molecule has 0 radical (unpaired) electrons. The molecule has 0 saturated carbocycles. The van der Waals surface area contributed by atoms with Gasteiger partial charge in [-0.15, -0.1) is 0 Å². The highest BCUT2D eigenvalue weighted by atomic mass is 16.5. The van der Waals surface area contributed by atoms with Gasteiger partial charge in [0.1, 0.15) is 5.75 Å². The second-order valence-corrected chi connectivity index (χ2v) is 4.11. The van der Waals surface area contributed by atoms with E-state index >= 15 is 0 Å². The molecular formula is C15H16N2O2. The second-order valence-electron chi connectivity index (χ2n) is 4.11. The van der Waals surface area contributed by atoms with Gasteiger partial charge in [0.05, 0.1) is 7.11 Å². The standard InChI is InChI=1S/C15H16N2O2/c1-19-13-7-4-6-11(9-13)15(18)17-10-12-5-2-3-8-14(12)16/h2-9H,10,16H2,1H3,(H,17,18). The molecule has 1 amide bonds. The molecule has 0 aliphatic carbocycles. The molecule has 0 spiro atoms. The number of amides is 1. The maximum atomic E-state index is 12.0. The molecule has 2 aromatic rings. The van der Waals surface area contributed by atoms with Crippen LogP contribution in [0.5, 0.6) is 5.75 Å². The lowest BCUT2D eigenvalue weighted by Crippen LogP contribution is -2.23. The van der Waals surface area contributed by atoms with E-state index in [4.69, 9.17) is 10.5 Å². The lowest BCUT2D eigenvalue weighted by Gasteiger charge is -2.08. The molecule has 0 aliphatic heterocycles. The van der Waals surface area contributed by atoms with Crippen molar-refractivity contribution in [2.75, 3.05) is 12.8 Å². The Morgan fingerprint density at radius 2 is 2.00 bits per heavy atom. The Morgan fingerprint density at radius 3 is 2.74 bits per heavy atom. The van der Waals surface area contributed by atoms with Gasteiger partial charge >= 0.3 is 0 Å². The van der Waals surface area contributed by atoms with Gasteiger partial charge in [-0.1, -0.05) is 24.3 Å². The third-order valence-corrected chi connectivity index (χ3v) is 2.83. The van der Waals surface area contributed by atoms with Gasteiger partial charge in [-0.3, -0.25) is 4.79 Å². The van der Waals surface area contributed by atoms with Crippen molar-refractivity contribution in [3.8, 4) is 5.75 Å². The molecule has 2 aromatic carbocycles. The summed E-state index contributed by atoms with van der Waals surface area (Å²) in [7, 11) is 1.57. The highest BCUT2D eigenvalue weighted by Gasteiger charge is 2.07. The van der Waals surface area contributed by atoms with E-state index in [9.17, 15) is 4.79 Å². The van der Waals surface area contributed by atoms with E-state index in [-0.39, 0.29) is 5.91 Å². The van der Waals surface area contributed by atoms with Crippen LogP contribution in [0.15, 0.2) is 48.5 Å². The summed E-state index contributed by atoms with van der Waals surface area (Å²) in [6.45, 7) is 0.405. The van der Waals surface area contributed by atoms with Crippen LogP contribution in [0.25, 0.3) is 0 Å². The number of nitrogen functional groups attached to an aromatic ring is 1. The van der Waals surface area contributed by atoms with E-state index in [0.717, 1.165) is 5.56 Å². The molecule has 0 atom stereocenters. The SMILES string of the molecule is COc1cccc(C(=O)NCc2ccccc2N)c1. The first-order chi connectivity index (χ1) is 9.20. The van der Waals surface area contributed by atoms with Crippen molar-refractivity contribution in [1.29, 1.82) is 0 Å². The molecule has 2 rings (SSSR count). The first-order valence-electron chi connectivity index (χ1n) is 5.96. The quantitative estimate of drug-likeness (QED) is 0.824. The summed E-state index contributed by atoms with van der Waals surface area (Å²) in [6, 6.07) is 14.5. The molecule has 0 fully saturated rings. The van der Waals surface area contributed by atoms with Gasteiger partial charge in [-0.2, -0.15) is 0 Å². The number of benzene rings is 2. The minimum atomic E-state index is -0.151. The molecule has 0 aliphatic rings. The Bertz CT molecular complexity index is 582. The summed E-state index contributed by atoms with van der Waals surface area (Å²) in [5.74, 6) is 0.508. The largest absolute Gasteiger partial charge is 0.497 e. The molecule has 0 heterocycles. The lowest BCUT2D eigenvalue weighted by molar-refractivity contribution is 0.0950.